The van der Waals surface area contributed by atoms with Crippen molar-refractivity contribution in [3.05, 3.63) is 72.9 Å². The molecule has 150 valence electrons. The van der Waals surface area contributed by atoms with Crippen LogP contribution < -0.4 is 0 Å². The highest BCUT2D eigenvalue weighted by Crippen LogP contribution is 2.22. The molecular weight excluding hydrogens is 336 g/mol. The number of allylic oxidation sites excluding steroid dienone is 11. The first kappa shape index (κ1) is 12.4. The Morgan fingerprint density at radius 1 is 0.889 bits per heavy atom. The largest absolute Gasteiger partial charge is 0.481 e. The van der Waals surface area contributed by atoms with Crippen molar-refractivity contribution in [2.45, 2.75) is 65.2 Å². The molecule has 3 nitrogen and oxygen atoms in total. The summed E-state index contributed by atoms with van der Waals surface area (Å²) in [5.41, 5.74) is -1.13. The first-order chi connectivity index (χ1) is 16.4. The van der Waals surface area contributed by atoms with Crippen LogP contribution in [0.4, 0.5) is 0 Å². The van der Waals surface area contributed by atoms with Gasteiger partial charge in [-0.3, -0.25) is 4.79 Å². The van der Waals surface area contributed by atoms with E-state index in [4.69, 9.17) is 18.8 Å². The Morgan fingerprint density at radius 2 is 1.33 bits per heavy atom. The Labute approximate surface area is 179 Å². The van der Waals surface area contributed by atoms with Crippen LogP contribution in [0, 0.1) is 5.41 Å². The van der Waals surface area contributed by atoms with Crippen LogP contribution in [0.25, 0.3) is 0 Å². The number of aliphatic hydroxyl groups excluding tert-OH is 1. The zero-order valence-corrected chi connectivity index (χ0v) is 16.0. The minimum absolute atomic E-state index is 0.0360. The summed E-state index contributed by atoms with van der Waals surface area (Å²) >= 11 is 0. The number of carboxylic acid groups (broad SMARTS) is 1. The van der Waals surface area contributed by atoms with E-state index in [-0.39, 0.29) is 6.42 Å². The van der Waals surface area contributed by atoms with Gasteiger partial charge in [-0.2, -0.15) is 0 Å². The fourth-order valence-electron chi connectivity index (χ4n) is 1.62. The minimum atomic E-state index is -2.23. The van der Waals surface area contributed by atoms with Crippen molar-refractivity contribution in [3.8, 4) is 0 Å². The van der Waals surface area contributed by atoms with Gasteiger partial charge in [0.1, 0.15) is 0 Å². The van der Waals surface area contributed by atoms with Crippen molar-refractivity contribution in [1.29, 1.82) is 0 Å². The molecule has 0 aromatic heterocycles. The van der Waals surface area contributed by atoms with Gasteiger partial charge in [0.25, 0.3) is 0 Å². The van der Waals surface area contributed by atoms with Gasteiger partial charge in [-0.05, 0) is 52.1 Å². The van der Waals surface area contributed by atoms with Gasteiger partial charge in [0, 0.05) is 13.7 Å². The molecule has 3 heteroatoms. The van der Waals surface area contributed by atoms with E-state index in [2.05, 4.69) is 0 Å². The van der Waals surface area contributed by atoms with Gasteiger partial charge < -0.3 is 10.2 Å². The second-order valence-corrected chi connectivity index (χ2v) is 5.99. The Kier molecular flexibility index (Phi) is 7.35. The van der Waals surface area contributed by atoms with Crippen LogP contribution in [0.15, 0.2) is 72.9 Å². The molecule has 0 aromatic carbocycles. The average Bonchev–Trinajstić information content (AvgIpc) is 2.71. The molecule has 0 aliphatic heterocycles. The van der Waals surface area contributed by atoms with E-state index in [1.807, 2.05) is 0 Å². The van der Waals surface area contributed by atoms with Gasteiger partial charge in [-0.1, -0.05) is 79.8 Å². The molecular formula is C24H36O3. The molecule has 0 saturated carbocycles. The molecule has 0 heterocycles. The number of hydrogen-bond donors (Lipinski definition) is 2. The van der Waals surface area contributed by atoms with Gasteiger partial charge in [-0.15, -0.1) is 0 Å². The lowest BCUT2D eigenvalue weighted by Gasteiger charge is -2.20. The van der Waals surface area contributed by atoms with E-state index in [1.54, 1.807) is 0 Å². The summed E-state index contributed by atoms with van der Waals surface area (Å²) in [6.45, 7) is 4.19. The van der Waals surface area contributed by atoms with Crippen molar-refractivity contribution in [3.63, 3.8) is 0 Å². The molecule has 2 N–H and O–H groups in total. The maximum atomic E-state index is 11.1. The standard InChI is InChI=1S/C24H36O3/c1-4-5-6-7-8-9-10-11-12-13-14-15-16-17-18-19-20-22(25)21-24(2,3)23(26)27/h5-6,8-9,11-12,14-15,17-20,22,25H,4,7,10,13,16,21H2,1-3H3,(H,26,27)/b6-5-,9-8-,12-11-,15-14-,18-17-,20-19+/i4D2,7D2,10D2,13D2,16D2. The predicted octanol–water partition coefficient (Wildman–Crippen LogP) is 6.16. The van der Waals surface area contributed by atoms with Gasteiger partial charge >= 0.3 is 5.97 Å². The maximum Gasteiger partial charge on any atom is 0.309 e. The monoisotopic (exact) mass is 382 g/mol. The van der Waals surface area contributed by atoms with Gasteiger partial charge in [0.05, 0.1) is 11.5 Å². The van der Waals surface area contributed by atoms with E-state index in [9.17, 15) is 9.90 Å². The van der Waals surface area contributed by atoms with Gasteiger partial charge in [0.15, 0.2) is 0 Å². The lowest BCUT2D eigenvalue weighted by Crippen LogP contribution is -2.28. The highest BCUT2D eigenvalue weighted by atomic mass is 16.4. The van der Waals surface area contributed by atoms with Crippen LogP contribution in [0.1, 0.15) is 72.8 Å². The quantitative estimate of drug-likeness (QED) is 0.279. The molecule has 0 bridgehead atoms. The molecule has 27 heavy (non-hydrogen) atoms. The molecule has 0 aromatic rings. The molecule has 0 aliphatic carbocycles. The van der Waals surface area contributed by atoms with Crippen LogP contribution in [0.5, 0.6) is 0 Å². The number of carboxylic acids is 1. The lowest BCUT2D eigenvalue weighted by atomic mass is 9.87. The number of aliphatic carboxylic acids is 1. The van der Waals surface area contributed by atoms with Crippen LogP contribution in [-0.4, -0.2) is 22.3 Å². The van der Waals surface area contributed by atoms with E-state index < -0.39 is 49.4 Å². The molecule has 0 aliphatic rings. The second kappa shape index (κ2) is 16.1. The summed E-state index contributed by atoms with van der Waals surface area (Å²) in [6.07, 6.45) is 0.965. The minimum Gasteiger partial charge on any atom is -0.481 e. The fourth-order valence-corrected chi connectivity index (χ4v) is 1.62. The fraction of sp³-hybridized carbons (Fsp3) is 0.458. The Bertz CT molecular complexity index is 937. The van der Waals surface area contributed by atoms with Gasteiger partial charge in [0.2, 0.25) is 0 Å². The SMILES string of the molecule is [2H]C([2H])(C)/C=C\C([2H])([2H])/C=C\C([2H])([2H])/C=C\C([2H])([2H])/C=C\C([2H])([2H])/C=C\C=C\C(O)CC(C)(C)C(=O)O. The van der Waals surface area contributed by atoms with Crippen molar-refractivity contribution in [2.75, 3.05) is 0 Å². The Morgan fingerprint density at radius 3 is 1.78 bits per heavy atom. The zero-order chi connectivity index (χ0) is 29.3. The molecule has 1 atom stereocenters. The molecule has 0 rings (SSSR count). The molecule has 0 saturated heterocycles. The number of carbonyl (C=O) groups is 1. The van der Waals surface area contributed by atoms with E-state index >= 15 is 0 Å². The Hall–Kier alpha value is -2.13. The summed E-state index contributed by atoms with van der Waals surface area (Å²) in [6, 6.07) is 0. The first-order valence-electron chi connectivity index (χ1n) is 13.5. The van der Waals surface area contributed by atoms with Crippen molar-refractivity contribution >= 4 is 5.97 Å². The number of rotatable bonds is 14. The molecule has 0 amide bonds. The zero-order valence-electron chi connectivity index (χ0n) is 26.0. The number of hydrogen-bond acceptors (Lipinski definition) is 2. The first-order valence-corrected chi connectivity index (χ1v) is 8.46. The maximum absolute atomic E-state index is 11.1. The van der Waals surface area contributed by atoms with Crippen LogP contribution in [0.3, 0.4) is 0 Å². The molecule has 0 radical (unpaired) electrons. The third-order valence-electron chi connectivity index (χ3n) is 3.11. The third-order valence-corrected chi connectivity index (χ3v) is 3.11. The highest BCUT2D eigenvalue weighted by Gasteiger charge is 2.28. The average molecular weight is 383 g/mol. The van der Waals surface area contributed by atoms with E-state index in [0.29, 0.717) is 0 Å². The Balaban J connectivity index is 5.24. The third kappa shape index (κ3) is 15.8. The lowest BCUT2D eigenvalue weighted by molar-refractivity contribution is -0.148. The van der Waals surface area contributed by atoms with Crippen LogP contribution in [-0.2, 0) is 4.79 Å². The summed E-state index contributed by atoms with van der Waals surface area (Å²) in [5.74, 6) is -1.06. The van der Waals surface area contributed by atoms with Crippen molar-refractivity contribution in [2.24, 2.45) is 5.41 Å². The molecule has 1 unspecified atom stereocenters. The normalized spacial score (nSPS) is 23.0. The van der Waals surface area contributed by atoms with Crippen molar-refractivity contribution in [1.82, 2.24) is 0 Å². The van der Waals surface area contributed by atoms with E-state index in [0.717, 1.165) is 54.7 Å². The summed E-state index contributed by atoms with van der Waals surface area (Å²) in [4.78, 5) is 11.1. The molecule has 0 fully saturated rings. The van der Waals surface area contributed by atoms with Crippen molar-refractivity contribution < 1.29 is 28.7 Å². The molecule has 0 spiro atoms. The number of aliphatic hydroxyl groups is 1. The van der Waals surface area contributed by atoms with Crippen LogP contribution in [0.2, 0.25) is 0 Å². The highest BCUT2D eigenvalue weighted by molar-refractivity contribution is 5.73. The summed E-state index contributed by atoms with van der Waals surface area (Å²) in [7, 11) is 0. The topological polar surface area (TPSA) is 57.5 Å². The van der Waals surface area contributed by atoms with Gasteiger partial charge in [-0.25, -0.2) is 0 Å². The van der Waals surface area contributed by atoms with Crippen LogP contribution >= 0.6 is 0 Å². The summed E-state index contributed by atoms with van der Waals surface area (Å²) in [5, 5.41) is 19.0. The predicted molar refractivity (Wildman–Crippen MR) is 116 cm³/mol. The summed E-state index contributed by atoms with van der Waals surface area (Å²) < 4.78 is 77.9. The van der Waals surface area contributed by atoms with E-state index in [1.165, 1.54) is 39.0 Å². The smallest absolute Gasteiger partial charge is 0.309 e. The second-order valence-electron chi connectivity index (χ2n) is 5.99.